The molecule has 0 bridgehead atoms. The molecule has 3 heterocycles. The highest BCUT2D eigenvalue weighted by molar-refractivity contribution is 6.01. The van der Waals surface area contributed by atoms with Crippen molar-refractivity contribution in [2.24, 2.45) is 0 Å². The maximum absolute atomic E-state index is 13.3. The van der Waals surface area contributed by atoms with Crippen molar-refractivity contribution in [3.63, 3.8) is 0 Å². The number of alkyl halides is 3. The molecule has 0 spiro atoms. The van der Waals surface area contributed by atoms with E-state index in [-0.39, 0.29) is 5.56 Å². The highest BCUT2D eigenvalue weighted by Gasteiger charge is 2.41. The number of carbonyl (C=O) groups is 1. The topological polar surface area (TPSA) is 63.3 Å². The summed E-state index contributed by atoms with van der Waals surface area (Å²) in [6, 6.07) is 10.1. The highest BCUT2D eigenvalue weighted by atomic mass is 19.4. The quantitative estimate of drug-likeness (QED) is 0.697. The Kier molecular flexibility index (Phi) is 4.40. The first-order chi connectivity index (χ1) is 13.7. The summed E-state index contributed by atoms with van der Waals surface area (Å²) in [5.74, 6) is 0.491. The number of fused-ring (bicyclic) bond motifs is 1. The van der Waals surface area contributed by atoms with Crippen LogP contribution in [0.25, 0.3) is 5.82 Å². The number of nitrogens with zero attached hydrogens (tertiary/aromatic N) is 3. The minimum absolute atomic E-state index is 0.217. The molecule has 0 fully saturated rings. The molecule has 6 nitrogen and oxygen atoms in total. The van der Waals surface area contributed by atoms with Gasteiger partial charge in [0.15, 0.2) is 5.82 Å². The van der Waals surface area contributed by atoms with Crippen molar-refractivity contribution in [3.05, 3.63) is 64.7 Å². The predicted molar refractivity (Wildman–Crippen MR) is 99.9 cm³/mol. The molecule has 1 atom stereocenters. The Hall–Kier alpha value is -3.23. The Morgan fingerprint density at radius 1 is 1.17 bits per heavy atom. The van der Waals surface area contributed by atoms with E-state index < -0.39 is 24.8 Å². The summed E-state index contributed by atoms with van der Waals surface area (Å²) < 4.78 is 46.8. The number of benzene rings is 1. The Morgan fingerprint density at radius 2 is 1.90 bits per heavy atom. The third-order valence-corrected chi connectivity index (χ3v) is 4.98. The van der Waals surface area contributed by atoms with Crippen molar-refractivity contribution < 1.29 is 22.5 Å². The molecule has 29 heavy (non-hydrogen) atoms. The molecule has 0 saturated heterocycles. The molecular formula is C20H19F3N4O2. The fraction of sp³-hybridized carbons (Fsp3) is 0.300. The minimum Gasteiger partial charge on any atom is -0.361 e. The Morgan fingerprint density at radius 3 is 2.55 bits per heavy atom. The first-order valence-corrected chi connectivity index (χ1v) is 9.01. The Labute approximate surface area is 164 Å². The molecule has 1 aliphatic rings. The average molecular weight is 404 g/mol. The standard InChI is InChI=1S/C20H19F3N4O2/c1-11-8-15(13(3)27(11)17-9-12(2)29-25-17)18-24-16-7-5-4-6-14(16)19(28)26(18)10-20(21,22)23/h4-9,18,24H,10H2,1-3H3/t18-/m1/s1. The number of anilines is 1. The minimum atomic E-state index is -4.53. The smallest absolute Gasteiger partial charge is 0.361 e. The number of hydrogen-bond acceptors (Lipinski definition) is 4. The van der Waals surface area contributed by atoms with Crippen molar-refractivity contribution in [3.8, 4) is 5.82 Å². The number of para-hydroxylation sites is 1. The van der Waals surface area contributed by atoms with Crippen LogP contribution in [0, 0.1) is 20.8 Å². The van der Waals surface area contributed by atoms with E-state index in [9.17, 15) is 18.0 Å². The monoisotopic (exact) mass is 404 g/mol. The van der Waals surface area contributed by atoms with Crippen LogP contribution in [0.5, 0.6) is 0 Å². The summed E-state index contributed by atoms with van der Waals surface area (Å²) in [6.07, 6.45) is -5.50. The van der Waals surface area contributed by atoms with E-state index in [0.717, 1.165) is 10.6 Å². The molecule has 1 aromatic carbocycles. The molecular weight excluding hydrogens is 385 g/mol. The molecule has 1 aliphatic heterocycles. The fourth-order valence-electron chi connectivity index (χ4n) is 3.77. The van der Waals surface area contributed by atoms with Crippen LogP contribution >= 0.6 is 0 Å². The van der Waals surface area contributed by atoms with Gasteiger partial charge in [0.2, 0.25) is 0 Å². The highest BCUT2D eigenvalue weighted by Crippen LogP contribution is 2.37. The molecule has 0 saturated carbocycles. The number of halogens is 3. The van der Waals surface area contributed by atoms with Gasteiger partial charge in [-0.05, 0) is 39.0 Å². The van der Waals surface area contributed by atoms with E-state index in [4.69, 9.17) is 4.52 Å². The molecule has 4 rings (SSSR count). The number of hydrogen-bond donors (Lipinski definition) is 1. The number of aryl methyl sites for hydroxylation is 2. The molecule has 1 amide bonds. The van der Waals surface area contributed by atoms with Gasteiger partial charge in [0.25, 0.3) is 5.91 Å². The SMILES string of the molecule is Cc1cc(-n2c(C)cc([C@@H]3Nc4ccccc4C(=O)N3CC(F)(F)F)c2C)no1. The zero-order valence-corrected chi connectivity index (χ0v) is 16.0. The van der Waals surface area contributed by atoms with Crippen LogP contribution in [0.15, 0.2) is 40.9 Å². The molecule has 3 aromatic rings. The van der Waals surface area contributed by atoms with E-state index in [1.54, 1.807) is 48.7 Å². The number of amides is 1. The van der Waals surface area contributed by atoms with Crippen molar-refractivity contribution in [1.82, 2.24) is 14.6 Å². The fourth-order valence-corrected chi connectivity index (χ4v) is 3.77. The normalized spacial score (nSPS) is 16.7. The van der Waals surface area contributed by atoms with Gasteiger partial charge in [0, 0.05) is 28.7 Å². The first-order valence-electron chi connectivity index (χ1n) is 9.01. The van der Waals surface area contributed by atoms with Crippen LogP contribution in [0.2, 0.25) is 0 Å². The van der Waals surface area contributed by atoms with Gasteiger partial charge in [-0.25, -0.2) is 0 Å². The van der Waals surface area contributed by atoms with Crippen LogP contribution in [0.4, 0.5) is 18.9 Å². The van der Waals surface area contributed by atoms with Crippen molar-refractivity contribution in [2.75, 3.05) is 11.9 Å². The van der Waals surface area contributed by atoms with Crippen LogP contribution in [-0.2, 0) is 0 Å². The van der Waals surface area contributed by atoms with E-state index in [0.29, 0.717) is 28.5 Å². The van der Waals surface area contributed by atoms with Gasteiger partial charge in [0.05, 0.1) is 5.56 Å². The largest absolute Gasteiger partial charge is 0.406 e. The van der Waals surface area contributed by atoms with E-state index in [2.05, 4.69) is 10.5 Å². The molecule has 9 heteroatoms. The van der Waals surface area contributed by atoms with Crippen molar-refractivity contribution in [1.29, 1.82) is 0 Å². The second-order valence-corrected chi connectivity index (χ2v) is 7.10. The van der Waals surface area contributed by atoms with Gasteiger partial charge >= 0.3 is 6.18 Å². The lowest BCUT2D eigenvalue weighted by Crippen LogP contribution is -2.47. The summed E-state index contributed by atoms with van der Waals surface area (Å²) in [5.41, 5.74) is 2.73. The molecule has 0 radical (unpaired) electrons. The molecule has 1 N–H and O–H groups in total. The summed E-state index contributed by atoms with van der Waals surface area (Å²) in [6.45, 7) is 4.01. The second-order valence-electron chi connectivity index (χ2n) is 7.10. The maximum atomic E-state index is 13.3. The third kappa shape index (κ3) is 3.37. The zero-order chi connectivity index (χ0) is 20.9. The van der Waals surface area contributed by atoms with Gasteiger partial charge in [-0.15, -0.1) is 0 Å². The van der Waals surface area contributed by atoms with Gasteiger partial charge in [0.1, 0.15) is 18.5 Å². The number of nitrogens with one attached hydrogen (secondary N) is 1. The van der Waals surface area contributed by atoms with Crippen molar-refractivity contribution >= 4 is 11.6 Å². The van der Waals surface area contributed by atoms with Crippen LogP contribution < -0.4 is 5.32 Å². The summed E-state index contributed by atoms with van der Waals surface area (Å²) in [7, 11) is 0. The maximum Gasteiger partial charge on any atom is 0.406 e. The van der Waals surface area contributed by atoms with Crippen LogP contribution in [0.1, 0.15) is 39.2 Å². The molecule has 0 aliphatic carbocycles. The molecule has 2 aromatic heterocycles. The summed E-state index contributed by atoms with van der Waals surface area (Å²) in [4.78, 5) is 13.7. The van der Waals surface area contributed by atoms with Gasteiger partial charge in [-0.1, -0.05) is 17.3 Å². The van der Waals surface area contributed by atoms with Crippen LogP contribution in [-0.4, -0.2) is 33.3 Å². The summed E-state index contributed by atoms with van der Waals surface area (Å²) in [5, 5.41) is 7.10. The lowest BCUT2D eigenvalue weighted by atomic mass is 10.0. The van der Waals surface area contributed by atoms with Gasteiger partial charge < -0.3 is 14.7 Å². The van der Waals surface area contributed by atoms with E-state index >= 15 is 0 Å². The molecule has 152 valence electrons. The van der Waals surface area contributed by atoms with Gasteiger partial charge in [-0.2, -0.15) is 13.2 Å². The average Bonchev–Trinajstić information content (AvgIpc) is 3.19. The van der Waals surface area contributed by atoms with Crippen LogP contribution in [0.3, 0.4) is 0 Å². The lowest BCUT2D eigenvalue weighted by Gasteiger charge is -2.38. The second kappa shape index (κ2) is 6.68. The number of carbonyl (C=O) groups excluding carboxylic acids is 1. The van der Waals surface area contributed by atoms with E-state index in [1.165, 1.54) is 6.07 Å². The summed E-state index contributed by atoms with van der Waals surface area (Å²) >= 11 is 0. The number of aromatic nitrogens is 2. The lowest BCUT2D eigenvalue weighted by molar-refractivity contribution is -0.144. The van der Waals surface area contributed by atoms with Crippen molar-refractivity contribution in [2.45, 2.75) is 33.1 Å². The van der Waals surface area contributed by atoms with E-state index in [1.807, 2.05) is 6.92 Å². The molecule has 0 unspecified atom stereocenters. The zero-order valence-electron chi connectivity index (χ0n) is 16.0. The number of rotatable bonds is 3. The Balaban J connectivity index is 1.83. The first kappa shape index (κ1) is 19.1. The predicted octanol–water partition coefficient (Wildman–Crippen LogP) is 4.52. The Bertz CT molecular complexity index is 1080. The third-order valence-electron chi connectivity index (χ3n) is 4.98. The van der Waals surface area contributed by atoms with Gasteiger partial charge in [-0.3, -0.25) is 9.36 Å².